The number of benzene rings is 2. The number of rotatable bonds is 6. The van der Waals surface area contributed by atoms with Gasteiger partial charge in [0.15, 0.2) is 5.78 Å². The lowest BCUT2D eigenvalue weighted by atomic mass is 10.0. The summed E-state index contributed by atoms with van der Waals surface area (Å²) >= 11 is 1.48. The van der Waals surface area contributed by atoms with Gasteiger partial charge in [0.2, 0.25) is 0 Å². The lowest BCUT2D eigenvalue weighted by molar-refractivity contribution is 0.0991. The van der Waals surface area contributed by atoms with Crippen molar-refractivity contribution >= 4 is 28.0 Å². The molecule has 0 amide bonds. The number of ketones is 1. The maximum Gasteiger partial charge on any atom is 0.168 e. The Morgan fingerprint density at radius 2 is 1.87 bits per heavy atom. The zero-order valence-electron chi connectivity index (χ0n) is 16.8. The first-order valence-corrected chi connectivity index (χ1v) is 11.2. The molecule has 4 aromatic rings. The number of fused-ring (bicyclic) bond motifs is 1. The molecule has 156 valence electrons. The summed E-state index contributed by atoms with van der Waals surface area (Å²) in [6.45, 7) is 1.96. The van der Waals surface area contributed by atoms with Crippen LogP contribution in [0.5, 0.6) is 5.75 Å². The number of hydrogen-bond acceptors (Lipinski definition) is 8. The second-order valence-corrected chi connectivity index (χ2v) is 8.38. The van der Waals surface area contributed by atoms with E-state index in [0.717, 1.165) is 53.2 Å². The second kappa shape index (κ2) is 8.87. The predicted molar refractivity (Wildman–Crippen MR) is 119 cm³/mol. The Balaban J connectivity index is 1.29. The van der Waals surface area contributed by atoms with Crippen LogP contribution in [0.25, 0.3) is 21.5 Å². The van der Waals surface area contributed by atoms with Crippen LogP contribution >= 0.6 is 11.3 Å². The molecule has 2 aromatic carbocycles. The van der Waals surface area contributed by atoms with E-state index in [4.69, 9.17) is 4.74 Å². The molecule has 1 fully saturated rings. The van der Waals surface area contributed by atoms with E-state index < -0.39 is 0 Å². The van der Waals surface area contributed by atoms with E-state index in [2.05, 4.69) is 25.7 Å². The van der Waals surface area contributed by atoms with Crippen molar-refractivity contribution in [3.05, 3.63) is 65.3 Å². The van der Waals surface area contributed by atoms with Gasteiger partial charge in [-0.25, -0.2) is 0 Å². The summed E-state index contributed by atoms with van der Waals surface area (Å²) in [6.07, 6.45) is 2.44. The van der Waals surface area contributed by atoms with Crippen molar-refractivity contribution in [3.63, 3.8) is 0 Å². The number of ether oxygens (including phenoxy) is 1. The largest absolute Gasteiger partial charge is 0.490 e. The van der Waals surface area contributed by atoms with E-state index in [0.29, 0.717) is 11.3 Å². The van der Waals surface area contributed by atoms with Crippen molar-refractivity contribution in [2.45, 2.75) is 25.4 Å². The third-order valence-corrected chi connectivity index (χ3v) is 6.09. The van der Waals surface area contributed by atoms with E-state index in [1.54, 1.807) is 5.51 Å². The van der Waals surface area contributed by atoms with Gasteiger partial charge in [-0.3, -0.25) is 4.79 Å². The molecule has 5 rings (SSSR count). The molecule has 0 spiro atoms. The summed E-state index contributed by atoms with van der Waals surface area (Å²) in [5.41, 5.74) is 4.74. The van der Waals surface area contributed by atoms with Crippen LogP contribution in [0.2, 0.25) is 0 Å². The van der Waals surface area contributed by atoms with Crippen LogP contribution < -0.4 is 10.1 Å². The molecular formula is C23H21N5O2S. The molecule has 1 saturated heterocycles. The van der Waals surface area contributed by atoms with Gasteiger partial charge in [0.25, 0.3) is 0 Å². The summed E-state index contributed by atoms with van der Waals surface area (Å²) < 4.78 is 6.02. The zero-order chi connectivity index (χ0) is 21.0. The van der Waals surface area contributed by atoms with Crippen LogP contribution in [0.15, 0.2) is 54.0 Å². The molecule has 0 saturated carbocycles. The lowest BCUT2D eigenvalue weighted by Gasteiger charge is -2.23. The maximum absolute atomic E-state index is 12.8. The monoisotopic (exact) mass is 431 g/mol. The van der Waals surface area contributed by atoms with Crippen LogP contribution in [0.4, 0.5) is 0 Å². The lowest BCUT2D eigenvalue weighted by Crippen LogP contribution is -2.34. The van der Waals surface area contributed by atoms with E-state index in [1.807, 2.05) is 48.5 Å². The highest BCUT2D eigenvalue weighted by molar-refractivity contribution is 7.12. The Morgan fingerprint density at radius 3 is 2.65 bits per heavy atom. The van der Waals surface area contributed by atoms with Gasteiger partial charge in [-0.2, -0.15) is 10.2 Å². The van der Waals surface area contributed by atoms with Crippen molar-refractivity contribution in [1.29, 1.82) is 0 Å². The molecule has 0 atom stereocenters. The molecule has 31 heavy (non-hydrogen) atoms. The van der Waals surface area contributed by atoms with Gasteiger partial charge in [-0.05, 0) is 74.5 Å². The molecule has 2 aromatic heterocycles. The Bertz CT molecular complexity index is 1190. The zero-order valence-corrected chi connectivity index (χ0v) is 17.6. The van der Waals surface area contributed by atoms with Gasteiger partial charge in [0.1, 0.15) is 22.4 Å². The van der Waals surface area contributed by atoms with Crippen molar-refractivity contribution in [2.75, 3.05) is 13.1 Å². The van der Waals surface area contributed by atoms with E-state index in [1.165, 1.54) is 11.3 Å². The van der Waals surface area contributed by atoms with Crippen LogP contribution in [0, 0.1) is 0 Å². The topological polar surface area (TPSA) is 89.9 Å². The van der Waals surface area contributed by atoms with Gasteiger partial charge < -0.3 is 10.1 Å². The normalized spacial score (nSPS) is 14.6. The number of hydrogen-bond donors (Lipinski definition) is 1. The number of aromatic nitrogens is 4. The highest BCUT2D eigenvalue weighted by atomic mass is 32.1. The highest BCUT2D eigenvalue weighted by Crippen LogP contribution is 2.25. The second-order valence-electron chi connectivity index (χ2n) is 7.54. The quantitative estimate of drug-likeness (QED) is 0.466. The van der Waals surface area contributed by atoms with Gasteiger partial charge in [0, 0.05) is 16.5 Å². The molecule has 0 radical (unpaired) electrons. The first-order valence-electron chi connectivity index (χ1n) is 10.3. The number of Topliss-reactive ketones (excluding diaryl/α,β-unsaturated/α-hetero) is 1. The molecular weight excluding hydrogens is 410 g/mol. The molecule has 0 unspecified atom stereocenters. The Morgan fingerprint density at radius 1 is 1.03 bits per heavy atom. The van der Waals surface area contributed by atoms with Crippen LogP contribution in [0.1, 0.15) is 28.9 Å². The molecule has 7 nitrogen and oxygen atoms in total. The number of nitrogens with one attached hydrogen (secondary N) is 1. The molecule has 0 bridgehead atoms. The maximum atomic E-state index is 12.8. The van der Waals surface area contributed by atoms with Gasteiger partial charge in [-0.15, -0.1) is 10.2 Å². The van der Waals surface area contributed by atoms with Crippen LogP contribution in [-0.4, -0.2) is 45.4 Å². The first kappa shape index (κ1) is 19.7. The fourth-order valence-corrected chi connectivity index (χ4v) is 4.25. The minimum absolute atomic E-state index is 0.00217. The predicted octanol–water partition coefficient (Wildman–Crippen LogP) is 3.70. The smallest absolute Gasteiger partial charge is 0.168 e. The highest BCUT2D eigenvalue weighted by Gasteiger charge is 2.15. The molecule has 0 aliphatic carbocycles. The Hall–Kier alpha value is -3.23. The summed E-state index contributed by atoms with van der Waals surface area (Å²) in [7, 11) is 0. The van der Waals surface area contributed by atoms with Gasteiger partial charge in [-0.1, -0.05) is 11.3 Å². The SMILES string of the molecule is O=C(Cc1cc2cc(-c3nncs3)ccc2nn1)c1ccc(OC2CCNCC2)cc1. The number of carbonyl (C=O) groups excluding carboxylic acids is 1. The van der Waals surface area contributed by atoms with Gasteiger partial charge in [0.05, 0.1) is 17.6 Å². The number of nitrogens with zero attached hydrogens (tertiary/aromatic N) is 4. The van der Waals surface area contributed by atoms with E-state index in [9.17, 15) is 4.79 Å². The Labute approximate surface area is 183 Å². The van der Waals surface area contributed by atoms with Crippen molar-refractivity contribution in [1.82, 2.24) is 25.7 Å². The van der Waals surface area contributed by atoms with Crippen molar-refractivity contribution < 1.29 is 9.53 Å². The summed E-state index contributed by atoms with van der Waals surface area (Å²) in [6, 6.07) is 15.2. The number of carbonyl (C=O) groups is 1. The summed E-state index contributed by atoms with van der Waals surface area (Å²) in [4.78, 5) is 12.8. The van der Waals surface area contributed by atoms with Crippen LogP contribution in [-0.2, 0) is 6.42 Å². The van der Waals surface area contributed by atoms with Crippen LogP contribution in [0.3, 0.4) is 0 Å². The molecule has 1 N–H and O–H groups in total. The first-order chi connectivity index (χ1) is 15.2. The fourth-order valence-electron chi connectivity index (χ4n) is 3.70. The fraction of sp³-hybridized carbons (Fsp3) is 0.261. The Kier molecular flexibility index (Phi) is 5.64. The molecule has 1 aliphatic rings. The minimum atomic E-state index is 0.00217. The van der Waals surface area contributed by atoms with Gasteiger partial charge >= 0.3 is 0 Å². The third-order valence-electron chi connectivity index (χ3n) is 5.35. The van der Waals surface area contributed by atoms with E-state index in [-0.39, 0.29) is 18.3 Å². The summed E-state index contributed by atoms with van der Waals surface area (Å²) in [5.74, 6) is 0.806. The molecule has 1 aliphatic heterocycles. The average Bonchev–Trinajstić information content (AvgIpc) is 3.35. The molecule has 8 heteroatoms. The third kappa shape index (κ3) is 4.60. The molecule has 3 heterocycles. The summed E-state index contributed by atoms with van der Waals surface area (Å²) in [5, 5.41) is 21.6. The van der Waals surface area contributed by atoms with Crippen molar-refractivity contribution in [3.8, 4) is 16.3 Å². The minimum Gasteiger partial charge on any atom is -0.490 e. The standard InChI is InChI=1S/C23H21N5O2S/c29-22(15-1-4-19(5-2-15)30-20-7-9-24-10-8-20)13-18-12-17-11-16(23-28-25-14-31-23)3-6-21(17)27-26-18/h1-6,11-12,14,20,24H,7-10,13H2. The van der Waals surface area contributed by atoms with E-state index >= 15 is 0 Å². The van der Waals surface area contributed by atoms with Crippen molar-refractivity contribution in [2.24, 2.45) is 0 Å². The average molecular weight is 432 g/mol. The number of piperidine rings is 1.